The number of hydrogen-bond acceptors (Lipinski definition) is 2. The van der Waals surface area contributed by atoms with Gasteiger partial charge in [-0.15, -0.1) is 0 Å². The summed E-state index contributed by atoms with van der Waals surface area (Å²) in [5.74, 6) is -0.838. The molecule has 4 nitrogen and oxygen atoms in total. The molecule has 1 N–H and O–H groups in total. The van der Waals surface area contributed by atoms with Crippen LogP contribution >= 0.6 is 0 Å². The maximum Gasteiger partial charge on any atom is 0.337 e. The molecule has 74 valence electrons. The first-order valence-electron chi connectivity index (χ1n) is 4.37. The Morgan fingerprint density at radius 1 is 1.71 bits per heavy atom. The molecule has 14 heavy (non-hydrogen) atoms. The molecule has 1 aromatic heterocycles. The SMILES string of the molecule is CC(C)c1c(C(=O)O)ccn1CC#N. The van der Waals surface area contributed by atoms with E-state index in [-0.39, 0.29) is 18.0 Å². The number of nitrogens with zero attached hydrogens (tertiary/aromatic N) is 2. The van der Waals surface area contributed by atoms with Gasteiger partial charge in [0.25, 0.3) is 0 Å². The standard InChI is InChI=1S/C10H12N2O2/c1-7(2)9-8(10(13)14)3-5-12(9)6-4-11/h3,5,7H,6H2,1-2H3,(H,13,14). The van der Waals surface area contributed by atoms with Crippen molar-refractivity contribution in [2.45, 2.75) is 26.3 Å². The van der Waals surface area contributed by atoms with Crippen molar-refractivity contribution in [1.29, 1.82) is 5.26 Å². The fraction of sp³-hybridized carbons (Fsp3) is 0.400. The van der Waals surface area contributed by atoms with Gasteiger partial charge in [0.15, 0.2) is 0 Å². The Morgan fingerprint density at radius 2 is 2.36 bits per heavy atom. The van der Waals surface area contributed by atoms with Crippen LogP contribution in [-0.4, -0.2) is 15.6 Å². The topological polar surface area (TPSA) is 66.0 Å². The second-order valence-corrected chi connectivity index (χ2v) is 3.36. The predicted octanol–water partition coefficient (Wildman–Crippen LogP) is 1.83. The molecular formula is C10H12N2O2. The van der Waals surface area contributed by atoms with Crippen molar-refractivity contribution in [3.05, 3.63) is 23.5 Å². The molecule has 1 heterocycles. The van der Waals surface area contributed by atoms with Gasteiger partial charge < -0.3 is 9.67 Å². The fourth-order valence-corrected chi connectivity index (χ4v) is 1.52. The largest absolute Gasteiger partial charge is 0.478 e. The number of carbonyl (C=O) groups is 1. The lowest BCUT2D eigenvalue weighted by molar-refractivity contribution is 0.0695. The van der Waals surface area contributed by atoms with E-state index in [4.69, 9.17) is 10.4 Å². The number of hydrogen-bond donors (Lipinski definition) is 1. The Balaban J connectivity index is 3.21. The van der Waals surface area contributed by atoms with E-state index in [0.29, 0.717) is 5.69 Å². The van der Waals surface area contributed by atoms with Crippen molar-refractivity contribution in [2.24, 2.45) is 0 Å². The van der Waals surface area contributed by atoms with Gasteiger partial charge in [-0.05, 0) is 12.0 Å². The molecule has 4 heteroatoms. The van der Waals surface area contributed by atoms with E-state index in [1.54, 1.807) is 10.8 Å². The first kappa shape index (κ1) is 10.3. The summed E-state index contributed by atoms with van der Waals surface area (Å²) in [4.78, 5) is 10.8. The highest BCUT2D eigenvalue weighted by molar-refractivity contribution is 5.89. The smallest absolute Gasteiger partial charge is 0.337 e. The first-order chi connectivity index (χ1) is 6.57. The second kappa shape index (κ2) is 3.97. The lowest BCUT2D eigenvalue weighted by Crippen LogP contribution is -2.07. The van der Waals surface area contributed by atoms with Crippen molar-refractivity contribution >= 4 is 5.97 Å². The molecular weight excluding hydrogens is 180 g/mol. The Bertz CT molecular complexity index is 385. The number of rotatable bonds is 3. The highest BCUT2D eigenvalue weighted by Crippen LogP contribution is 2.20. The third kappa shape index (κ3) is 1.77. The van der Waals surface area contributed by atoms with Crippen LogP contribution in [0.1, 0.15) is 35.8 Å². The summed E-state index contributed by atoms with van der Waals surface area (Å²) >= 11 is 0. The number of carboxylic acids is 1. The average Bonchev–Trinajstić information content (AvgIpc) is 2.48. The normalized spacial score (nSPS) is 10.1. The number of carboxylic acid groups (broad SMARTS) is 1. The van der Waals surface area contributed by atoms with Crippen molar-refractivity contribution in [2.75, 3.05) is 0 Å². The van der Waals surface area contributed by atoms with Crippen LogP contribution in [0, 0.1) is 11.3 Å². The lowest BCUT2D eigenvalue weighted by Gasteiger charge is -2.09. The van der Waals surface area contributed by atoms with E-state index in [2.05, 4.69) is 0 Å². The van der Waals surface area contributed by atoms with Gasteiger partial charge in [0.05, 0.1) is 11.6 Å². The predicted molar refractivity (Wildman–Crippen MR) is 51.1 cm³/mol. The van der Waals surface area contributed by atoms with Gasteiger partial charge in [-0.1, -0.05) is 13.8 Å². The van der Waals surface area contributed by atoms with E-state index in [1.165, 1.54) is 6.07 Å². The first-order valence-corrected chi connectivity index (χ1v) is 4.37. The van der Waals surface area contributed by atoms with Gasteiger partial charge in [-0.2, -0.15) is 5.26 Å². The fourth-order valence-electron chi connectivity index (χ4n) is 1.52. The van der Waals surface area contributed by atoms with Crippen LogP contribution in [0.5, 0.6) is 0 Å². The molecule has 0 spiro atoms. The van der Waals surface area contributed by atoms with Crippen molar-refractivity contribution < 1.29 is 9.90 Å². The minimum absolute atomic E-state index is 0.101. The van der Waals surface area contributed by atoms with Gasteiger partial charge in [0, 0.05) is 11.9 Å². The Labute approximate surface area is 82.4 Å². The molecule has 0 radical (unpaired) electrons. The zero-order valence-corrected chi connectivity index (χ0v) is 8.19. The highest BCUT2D eigenvalue weighted by atomic mass is 16.4. The molecule has 0 aliphatic heterocycles. The van der Waals surface area contributed by atoms with Crippen molar-refractivity contribution in [3.8, 4) is 6.07 Å². The Hall–Kier alpha value is -1.76. The van der Waals surface area contributed by atoms with Crippen molar-refractivity contribution in [3.63, 3.8) is 0 Å². The minimum Gasteiger partial charge on any atom is -0.478 e. The van der Waals surface area contributed by atoms with Crippen LogP contribution in [0.2, 0.25) is 0 Å². The number of aromatic carboxylic acids is 1. The molecule has 0 unspecified atom stereocenters. The van der Waals surface area contributed by atoms with Crippen molar-refractivity contribution in [1.82, 2.24) is 4.57 Å². The van der Waals surface area contributed by atoms with E-state index in [1.807, 2.05) is 19.9 Å². The molecule has 0 bridgehead atoms. The number of aromatic nitrogens is 1. The van der Waals surface area contributed by atoms with Gasteiger partial charge in [0.2, 0.25) is 0 Å². The molecule has 1 rings (SSSR count). The van der Waals surface area contributed by atoms with Crippen LogP contribution < -0.4 is 0 Å². The summed E-state index contributed by atoms with van der Waals surface area (Å²) in [6, 6.07) is 3.54. The number of nitriles is 1. The van der Waals surface area contributed by atoms with E-state index >= 15 is 0 Å². The molecule has 0 fully saturated rings. The zero-order valence-electron chi connectivity index (χ0n) is 8.19. The molecule has 0 amide bonds. The summed E-state index contributed by atoms with van der Waals surface area (Å²) in [6.07, 6.45) is 1.64. The molecule has 0 aromatic carbocycles. The van der Waals surface area contributed by atoms with Crippen LogP contribution in [0.25, 0.3) is 0 Å². The molecule has 1 aromatic rings. The minimum atomic E-state index is -0.939. The molecule has 0 atom stereocenters. The summed E-state index contributed by atoms with van der Waals surface area (Å²) in [5.41, 5.74) is 0.995. The molecule has 0 saturated carbocycles. The summed E-state index contributed by atoms with van der Waals surface area (Å²) < 4.78 is 1.67. The maximum atomic E-state index is 10.8. The van der Waals surface area contributed by atoms with Gasteiger partial charge >= 0.3 is 5.97 Å². The molecule has 0 aliphatic carbocycles. The average molecular weight is 192 g/mol. The summed E-state index contributed by atoms with van der Waals surface area (Å²) in [7, 11) is 0. The monoisotopic (exact) mass is 192 g/mol. The van der Waals surface area contributed by atoms with Gasteiger partial charge in [-0.25, -0.2) is 4.79 Å². The third-order valence-electron chi connectivity index (χ3n) is 2.02. The molecule has 0 aliphatic rings. The highest BCUT2D eigenvalue weighted by Gasteiger charge is 2.17. The summed E-state index contributed by atoms with van der Waals surface area (Å²) in [6.45, 7) is 4.02. The van der Waals surface area contributed by atoms with E-state index in [0.717, 1.165) is 0 Å². The third-order valence-corrected chi connectivity index (χ3v) is 2.02. The Kier molecular flexibility index (Phi) is 2.92. The van der Waals surface area contributed by atoms with Crippen LogP contribution in [0.3, 0.4) is 0 Å². The summed E-state index contributed by atoms with van der Waals surface area (Å²) in [5, 5.41) is 17.5. The van der Waals surface area contributed by atoms with E-state index in [9.17, 15) is 4.79 Å². The maximum absolute atomic E-state index is 10.8. The Morgan fingerprint density at radius 3 is 2.79 bits per heavy atom. The van der Waals surface area contributed by atoms with E-state index < -0.39 is 5.97 Å². The van der Waals surface area contributed by atoms with Crippen LogP contribution in [0.4, 0.5) is 0 Å². The lowest BCUT2D eigenvalue weighted by atomic mass is 10.1. The second-order valence-electron chi connectivity index (χ2n) is 3.36. The van der Waals surface area contributed by atoms with Gasteiger partial charge in [-0.3, -0.25) is 0 Å². The molecule has 0 saturated heterocycles. The quantitative estimate of drug-likeness (QED) is 0.794. The van der Waals surface area contributed by atoms with Crippen LogP contribution in [-0.2, 0) is 6.54 Å². The van der Waals surface area contributed by atoms with Gasteiger partial charge in [0.1, 0.15) is 6.54 Å². The zero-order chi connectivity index (χ0) is 10.7. The van der Waals surface area contributed by atoms with Crippen LogP contribution in [0.15, 0.2) is 12.3 Å².